The standard InChI is InChI=1S/C9H4F3N3O4/c10-9(11,12)4-2-1-3-6(16)5(15(18)19)8(17)14-7(3)13-4/h1-2H,(H2,13,14,16,17). The predicted molar refractivity (Wildman–Crippen MR) is 55.7 cm³/mol. The van der Waals surface area contributed by atoms with E-state index in [1.807, 2.05) is 4.98 Å². The first-order valence-electron chi connectivity index (χ1n) is 4.69. The maximum atomic E-state index is 12.4. The molecule has 19 heavy (non-hydrogen) atoms. The Labute approximate surface area is 101 Å². The first-order chi connectivity index (χ1) is 8.71. The Morgan fingerprint density at radius 1 is 1.37 bits per heavy atom. The summed E-state index contributed by atoms with van der Waals surface area (Å²) in [6.45, 7) is 0. The average Bonchev–Trinajstić information content (AvgIpc) is 2.26. The number of pyridine rings is 2. The van der Waals surface area contributed by atoms with Crippen molar-refractivity contribution in [3.05, 3.63) is 38.3 Å². The molecule has 0 aliphatic rings. The first kappa shape index (κ1) is 12.8. The molecule has 100 valence electrons. The molecule has 0 bridgehead atoms. The number of aromatic amines is 1. The summed E-state index contributed by atoms with van der Waals surface area (Å²) in [6, 6.07) is 1.34. The topological polar surface area (TPSA) is 109 Å². The van der Waals surface area contributed by atoms with Crippen LogP contribution in [0.2, 0.25) is 0 Å². The van der Waals surface area contributed by atoms with Crippen LogP contribution < -0.4 is 5.56 Å². The van der Waals surface area contributed by atoms with Crippen molar-refractivity contribution in [1.82, 2.24) is 9.97 Å². The molecule has 0 saturated heterocycles. The van der Waals surface area contributed by atoms with Crippen LogP contribution in [0, 0.1) is 10.1 Å². The number of aromatic nitrogens is 2. The zero-order valence-electron chi connectivity index (χ0n) is 8.85. The van der Waals surface area contributed by atoms with Crippen molar-refractivity contribution < 1.29 is 23.2 Å². The molecule has 10 heteroatoms. The molecule has 0 unspecified atom stereocenters. The second-order valence-electron chi connectivity index (χ2n) is 3.50. The lowest BCUT2D eigenvalue weighted by Crippen LogP contribution is -2.14. The van der Waals surface area contributed by atoms with Gasteiger partial charge in [-0.25, -0.2) is 4.98 Å². The van der Waals surface area contributed by atoms with E-state index in [4.69, 9.17) is 0 Å². The lowest BCUT2D eigenvalue weighted by atomic mass is 10.2. The average molecular weight is 275 g/mol. The summed E-state index contributed by atoms with van der Waals surface area (Å²) in [5.41, 5.74) is -4.34. The van der Waals surface area contributed by atoms with Gasteiger partial charge in [0.1, 0.15) is 11.3 Å². The number of hydrogen-bond donors (Lipinski definition) is 2. The van der Waals surface area contributed by atoms with E-state index in [0.717, 1.165) is 6.07 Å². The van der Waals surface area contributed by atoms with Crippen LogP contribution in [0.4, 0.5) is 18.9 Å². The van der Waals surface area contributed by atoms with Crippen molar-refractivity contribution >= 4 is 16.7 Å². The van der Waals surface area contributed by atoms with Crippen LogP contribution in [0.5, 0.6) is 5.75 Å². The fourth-order valence-corrected chi connectivity index (χ4v) is 1.47. The second-order valence-corrected chi connectivity index (χ2v) is 3.50. The minimum Gasteiger partial charge on any atom is -0.501 e. The number of alkyl halides is 3. The van der Waals surface area contributed by atoms with Crippen LogP contribution in [-0.2, 0) is 6.18 Å². The van der Waals surface area contributed by atoms with Gasteiger partial charge in [-0.2, -0.15) is 13.2 Å². The maximum Gasteiger partial charge on any atom is 0.433 e. The number of nitrogens with one attached hydrogen (secondary N) is 1. The fourth-order valence-electron chi connectivity index (χ4n) is 1.47. The monoisotopic (exact) mass is 275 g/mol. The molecule has 2 rings (SSSR count). The molecule has 0 atom stereocenters. The third kappa shape index (κ3) is 2.07. The third-order valence-corrected chi connectivity index (χ3v) is 2.29. The van der Waals surface area contributed by atoms with E-state index in [9.17, 15) is 33.2 Å². The van der Waals surface area contributed by atoms with Crippen LogP contribution in [0.15, 0.2) is 16.9 Å². The molecule has 0 aromatic carbocycles. The minimum absolute atomic E-state index is 0.348. The van der Waals surface area contributed by atoms with Crippen molar-refractivity contribution in [2.24, 2.45) is 0 Å². The van der Waals surface area contributed by atoms with E-state index in [0.29, 0.717) is 6.07 Å². The van der Waals surface area contributed by atoms with E-state index < -0.39 is 39.4 Å². The van der Waals surface area contributed by atoms with E-state index in [1.54, 1.807) is 0 Å². The molecular formula is C9H4F3N3O4. The van der Waals surface area contributed by atoms with Gasteiger partial charge in [-0.3, -0.25) is 14.9 Å². The summed E-state index contributed by atoms with van der Waals surface area (Å²) in [6.07, 6.45) is -4.73. The second kappa shape index (κ2) is 3.93. The highest BCUT2D eigenvalue weighted by atomic mass is 19.4. The quantitative estimate of drug-likeness (QED) is 0.606. The number of nitro groups is 1. The van der Waals surface area contributed by atoms with Crippen molar-refractivity contribution in [2.75, 3.05) is 0 Å². The Bertz CT molecular complexity index is 738. The zero-order valence-corrected chi connectivity index (χ0v) is 8.85. The van der Waals surface area contributed by atoms with Gasteiger partial charge in [-0.05, 0) is 12.1 Å². The van der Waals surface area contributed by atoms with Gasteiger partial charge in [0, 0.05) is 0 Å². The highest BCUT2D eigenvalue weighted by Crippen LogP contribution is 2.32. The molecule has 0 aliphatic carbocycles. The van der Waals surface area contributed by atoms with Gasteiger partial charge in [-0.15, -0.1) is 0 Å². The molecule has 7 nitrogen and oxygen atoms in total. The summed E-state index contributed by atoms with van der Waals surface area (Å²) in [5.74, 6) is -1.02. The van der Waals surface area contributed by atoms with Gasteiger partial charge in [0.05, 0.1) is 10.3 Å². The molecule has 0 aliphatic heterocycles. The molecule has 2 aromatic rings. The molecule has 0 radical (unpaired) electrons. The highest BCUT2D eigenvalue weighted by molar-refractivity contribution is 5.85. The SMILES string of the molecule is O=c1[nH]c2nc(C(F)(F)F)ccc2c(O)c1[N+](=O)[O-]. The number of fused-ring (bicyclic) bond motifs is 1. The highest BCUT2D eigenvalue weighted by Gasteiger charge is 2.33. The van der Waals surface area contributed by atoms with Crippen LogP contribution in [-0.4, -0.2) is 20.0 Å². The Hall–Kier alpha value is -2.65. The number of halogens is 3. The summed E-state index contributed by atoms with van der Waals surface area (Å²) in [7, 11) is 0. The Morgan fingerprint density at radius 3 is 2.53 bits per heavy atom. The number of H-pyrrole nitrogens is 1. The fraction of sp³-hybridized carbons (Fsp3) is 0.111. The maximum absolute atomic E-state index is 12.4. The van der Waals surface area contributed by atoms with Crippen LogP contribution in [0.25, 0.3) is 11.0 Å². The summed E-state index contributed by atoms with van der Waals surface area (Å²) in [5, 5.41) is 19.7. The molecular weight excluding hydrogens is 271 g/mol. The van der Waals surface area contributed by atoms with Crippen molar-refractivity contribution in [1.29, 1.82) is 0 Å². The Kier molecular flexibility index (Phi) is 2.65. The number of aromatic hydroxyl groups is 1. The van der Waals surface area contributed by atoms with Gasteiger partial charge in [0.2, 0.25) is 5.75 Å². The van der Waals surface area contributed by atoms with Crippen LogP contribution in [0.3, 0.4) is 0 Å². The first-order valence-corrected chi connectivity index (χ1v) is 4.69. The predicted octanol–water partition coefficient (Wildman–Crippen LogP) is 1.56. The molecule has 0 fully saturated rings. The molecule has 2 N–H and O–H groups in total. The molecule has 0 amide bonds. The van der Waals surface area contributed by atoms with E-state index >= 15 is 0 Å². The largest absolute Gasteiger partial charge is 0.501 e. The van der Waals surface area contributed by atoms with Crippen molar-refractivity contribution in [3.8, 4) is 5.75 Å². The summed E-state index contributed by atoms with van der Waals surface area (Å²) >= 11 is 0. The van der Waals surface area contributed by atoms with Crippen molar-refractivity contribution in [2.45, 2.75) is 6.18 Å². The van der Waals surface area contributed by atoms with E-state index in [1.165, 1.54) is 0 Å². The van der Waals surface area contributed by atoms with Gasteiger partial charge in [0.25, 0.3) is 0 Å². The van der Waals surface area contributed by atoms with Crippen LogP contribution in [0.1, 0.15) is 5.69 Å². The molecule has 2 aromatic heterocycles. The van der Waals surface area contributed by atoms with Gasteiger partial charge < -0.3 is 10.1 Å². The number of hydrogen-bond acceptors (Lipinski definition) is 5. The Balaban J connectivity index is 2.82. The minimum atomic E-state index is -4.73. The number of nitrogens with zero attached hydrogens (tertiary/aromatic N) is 2. The van der Waals surface area contributed by atoms with E-state index in [2.05, 4.69) is 4.98 Å². The Morgan fingerprint density at radius 2 is 2.00 bits per heavy atom. The lowest BCUT2D eigenvalue weighted by Gasteiger charge is -2.07. The molecule has 0 spiro atoms. The van der Waals surface area contributed by atoms with Crippen molar-refractivity contribution in [3.63, 3.8) is 0 Å². The number of rotatable bonds is 1. The van der Waals surface area contributed by atoms with Gasteiger partial charge in [0.15, 0.2) is 0 Å². The third-order valence-electron chi connectivity index (χ3n) is 2.29. The van der Waals surface area contributed by atoms with Crippen LogP contribution >= 0.6 is 0 Å². The summed E-state index contributed by atoms with van der Waals surface area (Å²) in [4.78, 5) is 25.6. The smallest absolute Gasteiger partial charge is 0.433 e. The molecule has 0 saturated carbocycles. The zero-order chi connectivity index (χ0) is 14.4. The summed E-state index contributed by atoms with van der Waals surface area (Å²) < 4.78 is 37.2. The van der Waals surface area contributed by atoms with Gasteiger partial charge >= 0.3 is 17.4 Å². The lowest BCUT2D eigenvalue weighted by molar-refractivity contribution is -0.387. The normalized spacial score (nSPS) is 11.7. The van der Waals surface area contributed by atoms with E-state index in [-0.39, 0.29) is 5.39 Å². The van der Waals surface area contributed by atoms with Gasteiger partial charge in [-0.1, -0.05) is 0 Å². The molecule has 2 heterocycles.